The van der Waals surface area contributed by atoms with Gasteiger partial charge in [0.25, 0.3) is 5.91 Å². The van der Waals surface area contributed by atoms with Crippen LogP contribution in [0.4, 0.5) is 0 Å². The van der Waals surface area contributed by atoms with Gasteiger partial charge in [-0.15, -0.1) is 11.3 Å². The van der Waals surface area contributed by atoms with Crippen LogP contribution in [0.3, 0.4) is 0 Å². The van der Waals surface area contributed by atoms with Crippen LogP contribution in [0.15, 0.2) is 18.6 Å². The van der Waals surface area contributed by atoms with Gasteiger partial charge in [0.05, 0.1) is 16.4 Å². The minimum atomic E-state index is 0.121. The van der Waals surface area contributed by atoms with Crippen molar-refractivity contribution in [2.24, 2.45) is 0 Å². The van der Waals surface area contributed by atoms with Crippen LogP contribution in [0.25, 0.3) is 0 Å². The zero-order valence-electron chi connectivity index (χ0n) is 12.2. The molecule has 1 aliphatic rings. The van der Waals surface area contributed by atoms with Gasteiger partial charge in [-0.05, 0) is 26.7 Å². The number of amides is 1. The van der Waals surface area contributed by atoms with Crippen LogP contribution in [0.2, 0.25) is 0 Å². The van der Waals surface area contributed by atoms with Crippen LogP contribution in [-0.4, -0.2) is 38.8 Å². The summed E-state index contributed by atoms with van der Waals surface area (Å²) in [5.41, 5.74) is 1.88. The quantitative estimate of drug-likeness (QED) is 0.855. The second-order valence-corrected chi connectivity index (χ2v) is 6.55. The molecule has 0 atom stereocenters. The summed E-state index contributed by atoms with van der Waals surface area (Å²) in [6.07, 6.45) is 7.15. The van der Waals surface area contributed by atoms with E-state index >= 15 is 0 Å². The number of aromatic nitrogens is 3. The molecule has 110 valence electrons. The van der Waals surface area contributed by atoms with Gasteiger partial charge in [0.15, 0.2) is 0 Å². The SMILES string of the molecule is Cc1nc(C)c(C(=O)N2CCC(c3cnccn3)CC2)s1. The molecule has 21 heavy (non-hydrogen) atoms. The number of piperidine rings is 1. The van der Waals surface area contributed by atoms with Gasteiger partial charge in [0, 0.05) is 37.6 Å². The number of hydrogen-bond donors (Lipinski definition) is 0. The van der Waals surface area contributed by atoms with Gasteiger partial charge >= 0.3 is 0 Å². The first-order chi connectivity index (χ1) is 10.1. The maximum Gasteiger partial charge on any atom is 0.265 e. The van der Waals surface area contributed by atoms with Crippen molar-refractivity contribution in [3.8, 4) is 0 Å². The number of carbonyl (C=O) groups is 1. The molecule has 1 saturated heterocycles. The van der Waals surface area contributed by atoms with Gasteiger partial charge in [0.2, 0.25) is 0 Å². The summed E-state index contributed by atoms with van der Waals surface area (Å²) in [5, 5.41) is 0.949. The molecule has 1 aliphatic heterocycles. The summed E-state index contributed by atoms with van der Waals surface area (Å²) < 4.78 is 0. The van der Waals surface area contributed by atoms with Crippen LogP contribution < -0.4 is 0 Å². The minimum Gasteiger partial charge on any atom is -0.338 e. The molecule has 3 heterocycles. The Labute approximate surface area is 128 Å². The number of nitrogens with zero attached hydrogens (tertiary/aromatic N) is 4. The summed E-state index contributed by atoms with van der Waals surface area (Å²) in [4.78, 5) is 28.1. The van der Waals surface area contributed by atoms with Gasteiger partial charge in [-0.3, -0.25) is 14.8 Å². The number of carbonyl (C=O) groups excluding carboxylic acids is 1. The second-order valence-electron chi connectivity index (χ2n) is 5.34. The van der Waals surface area contributed by atoms with Gasteiger partial charge in [0.1, 0.15) is 4.88 Å². The normalized spacial score (nSPS) is 16.2. The van der Waals surface area contributed by atoms with Crippen molar-refractivity contribution in [3.63, 3.8) is 0 Å². The summed E-state index contributed by atoms with van der Waals surface area (Å²) >= 11 is 1.49. The molecular weight excluding hydrogens is 284 g/mol. The third-order valence-corrected chi connectivity index (χ3v) is 4.94. The minimum absolute atomic E-state index is 0.121. The van der Waals surface area contributed by atoms with E-state index in [2.05, 4.69) is 15.0 Å². The van der Waals surface area contributed by atoms with Crippen molar-refractivity contribution in [2.45, 2.75) is 32.6 Å². The molecule has 0 saturated carbocycles. The Bertz CT molecular complexity index is 632. The first kappa shape index (κ1) is 14.1. The van der Waals surface area contributed by atoms with Crippen molar-refractivity contribution >= 4 is 17.2 Å². The zero-order valence-corrected chi connectivity index (χ0v) is 13.1. The Balaban J connectivity index is 1.66. The Hall–Kier alpha value is -1.82. The lowest BCUT2D eigenvalue weighted by molar-refractivity contribution is 0.0716. The smallest absolute Gasteiger partial charge is 0.265 e. The van der Waals surface area contributed by atoms with Crippen LogP contribution in [-0.2, 0) is 0 Å². The number of hydrogen-bond acceptors (Lipinski definition) is 5. The van der Waals surface area contributed by atoms with Gasteiger partial charge in [-0.1, -0.05) is 0 Å². The van der Waals surface area contributed by atoms with Crippen molar-refractivity contribution < 1.29 is 4.79 Å². The summed E-state index contributed by atoms with van der Waals surface area (Å²) in [7, 11) is 0. The highest BCUT2D eigenvalue weighted by atomic mass is 32.1. The molecule has 1 amide bonds. The first-order valence-electron chi connectivity index (χ1n) is 7.14. The largest absolute Gasteiger partial charge is 0.338 e. The Morgan fingerprint density at radius 1 is 1.29 bits per heavy atom. The molecule has 0 aliphatic carbocycles. The predicted octanol–water partition coefficient (Wildman–Crippen LogP) is 2.57. The van der Waals surface area contributed by atoms with E-state index in [-0.39, 0.29) is 5.91 Å². The lowest BCUT2D eigenvalue weighted by Crippen LogP contribution is -2.38. The maximum absolute atomic E-state index is 12.5. The first-order valence-corrected chi connectivity index (χ1v) is 7.96. The van der Waals surface area contributed by atoms with Crippen LogP contribution in [0.5, 0.6) is 0 Å². The lowest BCUT2D eigenvalue weighted by atomic mass is 9.93. The highest BCUT2D eigenvalue weighted by molar-refractivity contribution is 7.13. The second kappa shape index (κ2) is 5.89. The van der Waals surface area contributed by atoms with Crippen molar-refractivity contribution in [3.05, 3.63) is 39.9 Å². The van der Waals surface area contributed by atoms with Crippen molar-refractivity contribution in [1.82, 2.24) is 19.9 Å². The van der Waals surface area contributed by atoms with E-state index in [1.54, 1.807) is 12.4 Å². The van der Waals surface area contributed by atoms with E-state index in [9.17, 15) is 4.79 Å². The van der Waals surface area contributed by atoms with Crippen LogP contribution in [0.1, 0.15) is 44.8 Å². The summed E-state index contributed by atoms with van der Waals surface area (Å²) in [6.45, 7) is 5.39. The molecule has 5 nitrogen and oxygen atoms in total. The number of likely N-dealkylation sites (tertiary alicyclic amines) is 1. The average Bonchev–Trinajstić information content (AvgIpc) is 2.86. The fourth-order valence-corrected chi connectivity index (χ4v) is 3.66. The van der Waals surface area contributed by atoms with E-state index in [0.717, 1.165) is 47.2 Å². The molecule has 1 fully saturated rings. The van der Waals surface area contributed by atoms with Gasteiger partial charge in [-0.2, -0.15) is 0 Å². The van der Waals surface area contributed by atoms with Crippen LogP contribution in [0, 0.1) is 13.8 Å². The fraction of sp³-hybridized carbons (Fsp3) is 0.467. The molecule has 6 heteroatoms. The number of rotatable bonds is 2. The standard InChI is InChI=1S/C15H18N4OS/c1-10-14(21-11(2)18-10)15(20)19-7-3-12(4-8-19)13-9-16-5-6-17-13/h5-6,9,12H,3-4,7-8H2,1-2H3. The molecule has 2 aromatic heterocycles. The third-order valence-electron chi connectivity index (χ3n) is 3.88. The Kier molecular flexibility index (Phi) is 3.96. The van der Waals surface area contributed by atoms with Gasteiger partial charge in [-0.25, -0.2) is 4.98 Å². The highest BCUT2D eigenvalue weighted by Crippen LogP contribution is 2.28. The Morgan fingerprint density at radius 3 is 2.62 bits per heavy atom. The van der Waals surface area contributed by atoms with E-state index in [4.69, 9.17) is 0 Å². The molecule has 0 aromatic carbocycles. The van der Waals surface area contributed by atoms with E-state index < -0.39 is 0 Å². The highest BCUT2D eigenvalue weighted by Gasteiger charge is 2.27. The van der Waals surface area contributed by atoms with Gasteiger partial charge < -0.3 is 4.90 Å². The third kappa shape index (κ3) is 2.95. The average molecular weight is 302 g/mol. The molecule has 0 N–H and O–H groups in total. The molecule has 2 aromatic rings. The fourth-order valence-electron chi connectivity index (χ4n) is 2.77. The molecular formula is C15H18N4OS. The van der Waals surface area contributed by atoms with Crippen LogP contribution >= 0.6 is 11.3 Å². The molecule has 0 unspecified atom stereocenters. The maximum atomic E-state index is 12.5. The molecule has 0 bridgehead atoms. The summed E-state index contributed by atoms with van der Waals surface area (Å²) in [6, 6.07) is 0. The topological polar surface area (TPSA) is 59.0 Å². The van der Waals surface area contributed by atoms with Crippen molar-refractivity contribution in [2.75, 3.05) is 13.1 Å². The van der Waals surface area contributed by atoms with E-state index in [0.29, 0.717) is 5.92 Å². The molecule has 0 radical (unpaired) electrons. The summed E-state index contributed by atoms with van der Waals surface area (Å²) in [5.74, 6) is 0.530. The molecule has 0 spiro atoms. The molecule has 3 rings (SSSR count). The Morgan fingerprint density at radius 2 is 2.05 bits per heavy atom. The van der Waals surface area contributed by atoms with E-state index in [1.807, 2.05) is 24.9 Å². The predicted molar refractivity (Wildman–Crippen MR) is 81.5 cm³/mol. The monoisotopic (exact) mass is 302 g/mol. The van der Waals surface area contributed by atoms with Crippen molar-refractivity contribution in [1.29, 1.82) is 0 Å². The number of aryl methyl sites for hydroxylation is 2. The number of thiazole rings is 1. The van der Waals surface area contributed by atoms with E-state index in [1.165, 1.54) is 11.3 Å². The lowest BCUT2D eigenvalue weighted by Gasteiger charge is -2.31. The zero-order chi connectivity index (χ0) is 14.8.